The van der Waals surface area contributed by atoms with Crippen LogP contribution in [0.15, 0.2) is 30.5 Å². The Bertz CT molecular complexity index is 1080. The summed E-state index contributed by atoms with van der Waals surface area (Å²) in [6, 6.07) is 7.36. The number of aromatic nitrogens is 1. The number of anilines is 2. The van der Waals surface area contributed by atoms with Gasteiger partial charge in [0.15, 0.2) is 11.6 Å². The zero-order chi connectivity index (χ0) is 22.4. The summed E-state index contributed by atoms with van der Waals surface area (Å²) in [5, 5.41) is 0. The largest absolute Gasteiger partial charge is 0.488 e. The Kier molecular flexibility index (Phi) is 5.19. The third-order valence-corrected chi connectivity index (χ3v) is 6.39. The second-order valence-electron chi connectivity index (χ2n) is 8.54. The van der Waals surface area contributed by atoms with Crippen LogP contribution in [-0.4, -0.2) is 66.3 Å². The number of hydrogen-bond donors (Lipinski definition) is 0. The summed E-state index contributed by atoms with van der Waals surface area (Å²) in [6.45, 7) is 2.09. The van der Waals surface area contributed by atoms with E-state index in [2.05, 4.69) is 4.98 Å². The van der Waals surface area contributed by atoms with E-state index in [9.17, 15) is 18.4 Å². The van der Waals surface area contributed by atoms with Crippen molar-refractivity contribution < 1.29 is 23.1 Å². The summed E-state index contributed by atoms with van der Waals surface area (Å²) in [7, 11) is 1.78. The fourth-order valence-corrected chi connectivity index (χ4v) is 4.67. The van der Waals surface area contributed by atoms with Crippen molar-refractivity contribution in [1.82, 2.24) is 14.8 Å². The first-order valence-electron chi connectivity index (χ1n) is 10.8. The number of pyridine rings is 1. The monoisotopic (exact) mass is 442 g/mol. The Morgan fingerprint density at radius 3 is 2.91 bits per heavy atom. The molecule has 3 aliphatic rings. The van der Waals surface area contributed by atoms with Crippen LogP contribution in [0.1, 0.15) is 39.1 Å². The highest BCUT2D eigenvalue weighted by Gasteiger charge is 2.31. The maximum atomic E-state index is 13.1. The quantitative estimate of drug-likeness (QED) is 0.730. The van der Waals surface area contributed by atoms with Crippen LogP contribution in [0, 0.1) is 5.92 Å². The number of ether oxygens (including phenoxy) is 1. The Balaban J connectivity index is 1.39. The molecule has 3 aliphatic heterocycles. The molecule has 4 heterocycles. The van der Waals surface area contributed by atoms with E-state index in [0.29, 0.717) is 61.8 Å². The second kappa shape index (κ2) is 8.03. The average molecular weight is 442 g/mol. The van der Waals surface area contributed by atoms with Gasteiger partial charge in [-0.1, -0.05) is 0 Å². The molecule has 0 spiro atoms. The van der Waals surface area contributed by atoms with Gasteiger partial charge in [0.05, 0.1) is 12.1 Å². The molecule has 0 bridgehead atoms. The number of alkyl halides is 2. The van der Waals surface area contributed by atoms with Crippen molar-refractivity contribution in [2.75, 3.05) is 38.2 Å². The van der Waals surface area contributed by atoms with Gasteiger partial charge < -0.3 is 19.4 Å². The maximum absolute atomic E-state index is 13.1. The van der Waals surface area contributed by atoms with Crippen molar-refractivity contribution in [3.05, 3.63) is 47.2 Å². The molecule has 0 radical (unpaired) electrons. The summed E-state index contributed by atoms with van der Waals surface area (Å²) < 4.78 is 32.0. The minimum Gasteiger partial charge on any atom is -0.488 e. The summed E-state index contributed by atoms with van der Waals surface area (Å²) in [5.41, 5.74) is 2.91. The SMILES string of the molecule is CN1Cc2cc(N3CCOc4cc(C(=O)N5CCC[C@H](C(F)F)C5)cnc43)ccc2C1=O. The molecule has 5 rings (SSSR count). The third-order valence-electron chi connectivity index (χ3n) is 6.39. The van der Waals surface area contributed by atoms with E-state index in [0.717, 1.165) is 11.3 Å². The Hall–Kier alpha value is -3.23. The fourth-order valence-electron chi connectivity index (χ4n) is 4.67. The molecule has 2 aromatic rings. The van der Waals surface area contributed by atoms with Gasteiger partial charge in [0, 0.05) is 50.0 Å². The van der Waals surface area contributed by atoms with E-state index >= 15 is 0 Å². The molecule has 1 atom stereocenters. The number of likely N-dealkylation sites (tertiary alicyclic amines) is 1. The van der Waals surface area contributed by atoms with Gasteiger partial charge in [-0.15, -0.1) is 0 Å². The molecule has 0 N–H and O–H groups in total. The minimum atomic E-state index is -2.42. The molecule has 9 heteroatoms. The van der Waals surface area contributed by atoms with E-state index < -0.39 is 12.3 Å². The molecule has 0 saturated carbocycles. The zero-order valence-electron chi connectivity index (χ0n) is 17.8. The van der Waals surface area contributed by atoms with Gasteiger partial charge in [-0.3, -0.25) is 9.59 Å². The van der Waals surface area contributed by atoms with E-state index in [-0.39, 0.29) is 18.4 Å². The van der Waals surface area contributed by atoms with Gasteiger partial charge in [0.1, 0.15) is 6.61 Å². The fraction of sp³-hybridized carbons (Fsp3) is 0.435. The van der Waals surface area contributed by atoms with Crippen molar-refractivity contribution in [1.29, 1.82) is 0 Å². The van der Waals surface area contributed by atoms with Crippen molar-refractivity contribution in [3.63, 3.8) is 0 Å². The van der Waals surface area contributed by atoms with Crippen LogP contribution in [0.25, 0.3) is 0 Å². The molecule has 32 heavy (non-hydrogen) atoms. The third kappa shape index (κ3) is 3.55. The Labute approximate surface area is 184 Å². The number of fused-ring (bicyclic) bond motifs is 2. The summed E-state index contributed by atoms with van der Waals surface area (Å²) in [4.78, 5) is 34.8. The van der Waals surface area contributed by atoms with Gasteiger partial charge in [-0.2, -0.15) is 0 Å². The van der Waals surface area contributed by atoms with Crippen LogP contribution < -0.4 is 9.64 Å². The van der Waals surface area contributed by atoms with Gasteiger partial charge in [-0.05, 0) is 42.7 Å². The molecule has 1 fully saturated rings. The number of carbonyl (C=O) groups is 2. The lowest BCUT2D eigenvalue weighted by molar-refractivity contribution is 0.0253. The van der Waals surface area contributed by atoms with Crippen molar-refractivity contribution in [2.45, 2.75) is 25.8 Å². The number of rotatable bonds is 3. The van der Waals surface area contributed by atoms with E-state index in [1.807, 2.05) is 23.1 Å². The first kappa shape index (κ1) is 20.7. The molecule has 0 unspecified atom stereocenters. The highest BCUT2D eigenvalue weighted by Crippen LogP contribution is 2.37. The molecule has 1 saturated heterocycles. The topological polar surface area (TPSA) is 66.0 Å². The summed E-state index contributed by atoms with van der Waals surface area (Å²) in [5.74, 6) is 0.0101. The van der Waals surface area contributed by atoms with Crippen molar-refractivity contribution in [2.24, 2.45) is 5.92 Å². The van der Waals surface area contributed by atoms with Crippen LogP contribution in [-0.2, 0) is 6.54 Å². The summed E-state index contributed by atoms with van der Waals surface area (Å²) >= 11 is 0. The number of amides is 2. The van der Waals surface area contributed by atoms with E-state index in [1.165, 1.54) is 11.1 Å². The number of piperidine rings is 1. The van der Waals surface area contributed by atoms with Crippen LogP contribution in [0.2, 0.25) is 0 Å². The second-order valence-corrected chi connectivity index (χ2v) is 8.54. The molecule has 0 aliphatic carbocycles. The molecule has 1 aromatic carbocycles. The Morgan fingerprint density at radius 1 is 1.25 bits per heavy atom. The summed E-state index contributed by atoms with van der Waals surface area (Å²) in [6.07, 6.45) is 0.0646. The van der Waals surface area contributed by atoms with Crippen molar-refractivity contribution >= 4 is 23.3 Å². The lowest BCUT2D eigenvalue weighted by Crippen LogP contribution is -2.42. The minimum absolute atomic E-state index is 0.0157. The van der Waals surface area contributed by atoms with Crippen molar-refractivity contribution in [3.8, 4) is 5.75 Å². The number of carbonyl (C=O) groups excluding carboxylic acids is 2. The lowest BCUT2D eigenvalue weighted by atomic mass is 9.98. The first-order valence-corrected chi connectivity index (χ1v) is 10.8. The smallest absolute Gasteiger partial charge is 0.255 e. The van der Waals surface area contributed by atoms with Gasteiger partial charge in [-0.25, -0.2) is 13.8 Å². The zero-order valence-corrected chi connectivity index (χ0v) is 17.8. The number of hydrogen-bond acceptors (Lipinski definition) is 5. The van der Waals surface area contributed by atoms with Gasteiger partial charge in [0.25, 0.3) is 11.8 Å². The van der Waals surface area contributed by atoms with Gasteiger partial charge in [0.2, 0.25) is 6.43 Å². The maximum Gasteiger partial charge on any atom is 0.255 e. The molecular formula is C23H24F2N4O3. The van der Waals surface area contributed by atoms with Crippen LogP contribution >= 0.6 is 0 Å². The first-order chi connectivity index (χ1) is 15.4. The molecule has 7 nitrogen and oxygen atoms in total. The molecule has 2 amide bonds. The molecule has 1 aromatic heterocycles. The average Bonchev–Trinajstić information content (AvgIpc) is 3.10. The number of benzene rings is 1. The predicted octanol–water partition coefficient (Wildman–Crippen LogP) is 3.32. The standard InChI is InChI=1S/C23H24F2N4O3/c1-27-12-16-9-17(4-5-18(16)23(27)31)29-7-8-32-19-10-15(11-26-21(19)29)22(30)28-6-2-3-14(13-28)20(24)25/h4-5,9-11,14,20H,2-3,6-8,12-13H2,1H3/t14-/m0/s1. The van der Waals surface area contributed by atoms with E-state index in [4.69, 9.17) is 4.74 Å². The normalized spacial score (nSPS) is 20.3. The van der Waals surface area contributed by atoms with Crippen LogP contribution in [0.3, 0.4) is 0 Å². The van der Waals surface area contributed by atoms with E-state index in [1.54, 1.807) is 18.0 Å². The highest BCUT2D eigenvalue weighted by atomic mass is 19.3. The highest BCUT2D eigenvalue weighted by molar-refractivity contribution is 5.99. The van der Waals surface area contributed by atoms with Crippen LogP contribution in [0.4, 0.5) is 20.3 Å². The van der Waals surface area contributed by atoms with Crippen LogP contribution in [0.5, 0.6) is 5.75 Å². The number of nitrogens with zero attached hydrogens (tertiary/aromatic N) is 4. The lowest BCUT2D eigenvalue weighted by Gasteiger charge is -2.33. The number of halogens is 2. The predicted molar refractivity (Wildman–Crippen MR) is 114 cm³/mol. The Morgan fingerprint density at radius 2 is 2.09 bits per heavy atom. The molecular weight excluding hydrogens is 418 g/mol. The van der Waals surface area contributed by atoms with Gasteiger partial charge >= 0.3 is 0 Å². The molecule has 168 valence electrons.